The summed E-state index contributed by atoms with van der Waals surface area (Å²) in [6, 6.07) is 9.61. The number of hydrogen-bond donors (Lipinski definition) is 2. The molecule has 2 N–H and O–H groups in total. The lowest BCUT2D eigenvalue weighted by Gasteiger charge is -2.24. The van der Waals surface area contributed by atoms with Crippen molar-refractivity contribution in [1.29, 1.82) is 0 Å². The van der Waals surface area contributed by atoms with Crippen molar-refractivity contribution in [2.45, 2.75) is 64.1 Å². The van der Waals surface area contributed by atoms with Gasteiger partial charge in [0.15, 0.2) is 0 Å². The molecular formula is C16H25NO. The first-order valence-electron chi connectivity index (χ1n) is 7.18. The minimum Gasteiger partial charge on any atom is -0.393 e. The molecule has 0 radical (unpaired) electrons. The van der Waals surface area contributed by atoms with Crippen LogP contribution in [-0.2, 0) is 6.42 Å². The first-order valence-corrected chi connectivity index (χ1v) is 7.18. The molecule has 3 atom stereocenters. The zero-order chi connectivity index (χ0) is 13.0. The van der Waals surface area contributed by atoms with Crippen LogP contribution in [-0.4, -0.2) is 17.3 Å². The van der Waals surface area contributed by atoms with Crippen molar-refractivity contribution >= 4 is 0 Å². The van der Waals surface area contributed by atoms with Crippen LogP contribution in [0.15, 0.2) is 24.3 Å². The first-order chi connectivity index (χ1) is 8.66. The van der Waals surface area contributed by atoms with Crippen molar-refractivity contribution < 1.29 is 5.11 Å². The van der Waals surface area contributed by atoms with E-state index in [9.17, 15) is 5.11 Å². The summed E-state index contributed by atoms with van der Waals surface area (Å²) in [5.74, 6) is 0. The third-order valence-electron chi connectivity index (χ3n) is 3.80. The molecule has 2 heteroatoms. The minimum absolute atomic E-state index is 0.228. The van der Waals surface area contributed by atoms with Gasteiger partial charge in [-0.2, -0.15) is 0 Å². The number of aryl methyl sites for hydroxylation is 1. The summed E-state index contributed by atoms with van der Waals surface area (Å²) >= 11 is 0. The Labute approximate surface area is 110 Å². The van der Waals surface area contributed by atoms with Crippen molar-refractivity contribution in [3.63, 3.8) is 0 Å². The summed E-state index contributed by atoms with van der Waals surface area (Å²) in [5, 5.41) is 13.1. The summed E-state index contributed by atoms with van der Waals surface area (Å²) in [7, 11) is 0. The quantitative estimate of drug-likeness (QED) is 0.801. The maximum Gasteiger partial charge on any atom is 0.0526 e. The molecule has 0 saturated heterocycles. The van der Waals surface area contributed by atoms with Crippen LogP contribution in [0.25, 0.3) is 0 Å². The van der Waals surface area contributed by atoms with E-state index in [4.69, 9.17) is 0 Å². The second-order valence-electron chi connectivity index (χ2n) is 5.65. The molecule has 100 valence electrons. The SMILES string of the molecule is CC(O)CC(C)NC1CCCCc2ccccc21. The van der Waals surface area contributed by atoms with Crippen molar-refractivity contribution in [3.05, 3.63) is 35.4 Å². The van der Waals surface area contributed by atoms with Gasteiger partial charge in [0.25, 0.3) is 0 Å². The predicted molar refractivity (Wildman–Crippen MR) is 75.6 cm³/mol. The molecule has 3 unspecified atom stereocenters. The van der Waals surface area contributed by atoms with Gasteiger partial charge in [-0.3, -0.25) is 0 Å². The minimum atomic E-state index is -0.228. The maximum absolute atomic E-state index is 9.46. The predicted octanol–water partition coefficient (Wildman–Crippen LogP) is 3.20. The summed E-state index contributed by atoms with van der Waals surface area (Å²) in [5.41, 5.74) is 2.96. The molecule has 2 nitrogen and oxygen atoms in total. The molecule has 1 aromatic rings. The van der Waals surface area contributed by atoms with Gasteiger partial charge in [0.2, 0.25) is 0 Å². The highest BCUT2D eigenvalue weighted by Gasteiger charge is 2.20. The summed E-state index contributed by atoms with van der Waals surface area (Å²) in [6.07, 6.45) is 5.58. The zero-order valence-corrected chi connectivity index (χ0v) is 11.5. The van der Waals surface area contributed by atoms with Crippen LogP contribution >= 0.6 is 0 Å². The van der Waals surface area contributed by atoms with Crippen molar-refractivity contribution in [3.8, 4) is 0 Å². The Balaban J connectivity index is 2.08. The number of aliphatic hydroxyl groups excluding tert-OH is 1. The van der Waals surface area contributed by atoms with E-state index in [-0.39, 0.29) is 6.10 Å². The number of nitrogens with one attached hydrogen (secondary N) is 1. The van der Waals surface area contributed by atoms with Gasteiger partial charge in [-0.15, -0.1) is 0 Å². The molecule has 0 bridgehead atoms. The van der Waals surface area contributed by atoms with E-state index in [1.807, 2.05) is 6.92 Å². The van der Waals surface area contributed by atoms with E-state index in [1.165, 1.54) is 36.8 Å². The van der Waals surface area contributed by atoms with Gasteiger partial charge in [-0.05, 0) is 50.7 Å². The maximum atomic E-state index is 9.46. The number of aliphatic hydroxyl groups is 1. The number of fused-ring (bicyclic) bond motifs is 1. The van der Waals surface area contributed by atoms with Crippen molar-refractivity contribution in [1.82, 2.24) is 5.32 Å². The fourth-order valence-corrected chi connectivity index (χ4v) is 3.02. The normalized spacial score (nSPS) is 22.9. The molecule has 0 fully saturated rings. The molecule has 2 rings (SSSR count). The van der Waals surface area contributed by atoms with Gasteiger partial charge >= 0.3 is 0 Å². The summed E-state index contributed by atoms with van der Waals surface area (Å²) in [4.78, 5) is 0. The smallest absolute Gasteiger partial charge is 0.0526 e. The van der Waals surface area contributed by atoms with Crippen molar-refractivity contribution in [2.75, 3.05) is 0 Å². The van der Waals surface area contributed by atoms with Gasteiger partial charge in [0, 0.05) is 12.1 Å². The Kier molecular flexibility index (Phi) is 4.79. The van der Waals surface area contributed by atoms with E-state index < -0.39 is 0 Å². The van der Waals surface area contributed by atoms with E-state index >= 15 is 0 Å². The average molecular weight is 247 g/mol. The monoisotopic (exact) mass is 247 g/mol. The molecular weight excluding hydrogens is 222 g/mol. The molecule has 0 saturated carbocycles. The highest BCUT2D eigenvalue weighted by Crippen LogP contribution is 2.29. The van der Waals surface area contributed by atoms with E-state index in [2.05, 4.69) is 36.5 Å². The first kappa shape index (κ1) is 13.6. The molecule has 1 aromatic carbocycles. The van der Waals surface area contributed by atoms with Crippen LogP contribution < -0.4 is 5.32 Å². The largest absolute Gasteiger partial charge is 0.393 e. The Morgan fingerprint density at radius 1 is 1.28 bits per heavy atom. The van der Waals surface area contributed by atoms with Gasteiger partial charge in [0.1, 0.15) is 0 Å². The summed E-state index contributed by atoms with van der Waals surface area (Å²) in [6.45, 7) is 4.03. The standard InChI is InChI=1S/C16H25NO/c1-12(11-13(2)18)17-16-10-6-4-8-14-7-3-5-9-15(14)16/h3,5,7,9,12-13,16-18H,4,6,8,10-11H2,1-2H3. The fourth-order valence-electron chi connectivity index (χ4n) is 3.02. The van der Waals surface area contributed by atoms with E-state index in [0.29, 0.717) is 12.1 Å². The Bertz CT molecular complexity index is 375. The van der Waals surface area contributed by atoms with Crippen LogP contribution in [0.3, 0.4) is 0 Å². The lowest BCUT2D eigenvalue weighted by molar-refractivity contribution is 0.167. The molecule has 1 aliphatic rings. The fraction of sp³-hybridized carbons (Fsp3) is 0.625. The summed E-state index contributed by atoms with van der Waals surface area (Å²) < 4.78 is 0. The zero-order valence-electron chi connectivity index (χ0n) is 11.5. The van der Waals surface area contributed by atoms with Gasteiger partial charge in [0.05, 0.1) is 6.10 Å². The van der Waals surface area contributed by atoms with Gasteiger partial charge in [-0.1, -0.05) is 30.7 Å². The van der Waals surface area contributed by atoms with Crippen LogP contribution in [0.5, 0.6) is 0 Å². The highest BCUT2D eigenvalue weighted by atomic mass is 16.3. The number of rotatable bonds is 4. The van der Waals surface area contributed by atoms with Crippen molar-refractivity contribution in [2.24, 2.45) is 0 Å². The van der Waals surface area contributed by atoms with Gasteiger partial charge < -0.3 is 10.4 Å². The topological polar surface area (TPSA) is 32.3 Å². The highest BCUT2D eigenvalue weighted by molar-refractivity contribution is 5.31. The van der Waals surface area contributed by atoms with Crippen LogP contribution in [0.4, 0.5) is 0 Å². The second-order valence-corrected chi connectivity index (χ2v) is 5.65. The van der Waals surface area contributed by atoms with Crippen LogP contribution in [0.2, 0.25) is 0 Å². The molecule has 0 spiro atoms. The van der Waals surface area contributed by atoms with E-state index in [1.54, 1.807) is 0 Å². The Hall–Kier alpha value is -0.860. The lowest BCUT2D eigenvalue weighted by atomic mass is 9.98. The Morgan fingerprint density at radius 2 is 2.06 bits per heavy atom. The molecule has 0 aliphatic heterocycles. The number of hydrogen-bond acceptors (Lipinski definition) is 2. The molecule has 0 aromatic heterocycles. The average Bonchev–Trinajstić information content (AvgIpc) is 2.51. The van der Waals surface area contributed by atoms with Crippen LogP contribution in [0, 0.1) is 0 Å². The Morgan fingerprint density at radius 3 is 2.83 bits per heavy atom. The second kappa shape index (κ2) is 6.35. The molecule has 0 heterocycles. The van der Waals surface area contributed by atoms with Crippen LogP contribution in [0.1, 0.15) is 56.7 Å². The third-order valence-corrected chi connectivity index (χ3v) is 3.80. The van der Waals surface area contributed by atoms with E-state index in [0.717, 1.165) is 6.42 Å². The lowest BCUT2D eigenvalue weighted by Crippen LogP contribution is -2.33. The molecule has 18 heavy (non-hydrogen) atoms. The molecule has 1 aliphatic carbocycles. The number of benzene rings is 1. The van der Waals surface area contributed by atoms with Gasteiger partial charge in [-0.25, -0.2) is 0 Å². The third kappa shape index (κ3) is 3.56. The molecule has 0 amide bonds.